The van der Waals surface area contributed by atoms with E-state index >= 15 is 0 Å². The van der Waals surface area contributed by atoms with E-state index in [-0.39, 0.29) is 5.91 Å². The van der Waals surface area contributed by atoms with Gasteiger partial charge in [-0.1, -0.05) is 12.1 Å². The summed E-state index contributed by atoms with van der Waals surface area (Å²) >= 11 is 5.76. The Labute approximate surface area is 129 Å². The minimum atomic E-state index is -0.119. The standard InChI is InChI=1S/C16H18ClN3O/c1-2-20-14-5-3-4-13(14)15(19-20)18-16(21)12-8-6-11(10-17)7-9-12/h6-9H,2-5,10H2,1H3,(H,18,19,21). The molecule has 1 heterocycles. The predicted octanol–water partition coefficient (Wildman–Crippen LogP) is 3.38. The second-order valence-corrected chi connectivity index (χ2v) is 5.50. The second kappa shape index (κ2) is 5.90. The summed E-state index contributed by atoms with van der Waals surface area (Å²) < 4.78 is 1.99. The molecule has 3 rings (SSSR count). The van der Waals surface area contributed by atoms with Crippen molar-refractivity contribution in [3.8, 4) is 0 Å². The molecule has 0 radical (unpaired) electrons. The van der Waals surface area contributed by atoms with E-state index in [1.165, 1.54) is 11.3 Å². The van der Waals surface area contributed by atoms with Crippen LogP contribution < -0.4 is 5.32 Å². The number of aryl methyl sites for hydroxylation is 1. The molecule has 4 nitrogen and oxygen atoms in total. The van der Waals surface area contributed by atoms with Crippen molar-refractivity contribution < 1.29 is 4.79 Å². The Kier molecular flexibility index (Phi) is 3.97. The molecular formula is C16H18ClN3O. The van der Waals surface area contributed by atoms with Crippen molar-refractivity contribution in [3.63, 3.8) is 0 Å². The van der Waals surface area contributed by atoms with Gasteiger partial charge in [0.15, 0.2) is 5.82 Å². The lowest BCUT2D eigenvalue weighted by atomic mass is 10.1. The van der Waals surface area contributed by atoms with Gasteiger partial charge in [-0.05, 0) is 43.9 Å². The van der Waals surface area contributed by atoms with E-state index in [1.54, 1.807) is 12.1 Å². The van der Waals surface area contributed by atoms with E-state index in [1.807, 2.05) is 16.8 Å². The molecule has 21 heavy (non-hydrogen) atoms. The number of carbonyl (C=O) groups is 1. The molecule has 1 aliphatic carbocycles. The Hall–Kier alpha value is -1.81. The summed E-state index contributed by atoms with van der Waals surface area (Å²) in [5.41, 5.74) is 4.10. The summed E-state index contributed by atoms with van der Waals surface area (Å²) in [5, 5.41) is 7.46. The molecule has 5 heteroatoms. The van der Waals surface area contributed by atoms with Crippen LogP contribution in [-0.4, -0.2) is 15.7 Å². The van der Waals surface area contributed by atoms with E-state index in [4.69, 9.17) is 11.6 Å². The number of benzene rings is 1. The van der Waals surface area contributed by atoms with Gasteiger partial charge in [0, 0.05) is 29.2 Å². The van der Waals surface area contributed by atoms with E-state index in [9.17, 15) is 4.79 Å². The van der Waals surface area contributed by atoms with Gasteiger partial charge in [0.05, 0.1) is 0 Å². The number of aromatic nitrogens is 2. The Bertz CT molecular complexity index is 661. The zero-order chi connectivity index (χ0) is 14.8. The lowest BCUT2D eigenvalue weighted by molar-refractivity contribution is 0.102. The molecule has 0 saturated heterocycles. The number of fused-ring (bicyclic) bond motifs is 1. The minimum absolute atomic E-state index is 0.119. The number of alkyl halides is 1. The number of halogens is 1. The van der Waals surface area contributed by atoms with Crippen molar-refractivity contribution in [2.24, 2.45) is 0 Å². The van der Waals surface area contributed by atoms with Crippen LogP contribution >= 0.6 is 11.6 Å². The third-order valence-corrected chi connectivity index (χ3v) is 4.22. The summed E-state index contributed by atoms with van der Waals surface area (Å²) in [6, 6.07) is 7.34. The lowest BCUT2D eigenvalue weighted by Gasteiger charge is -2.04. The molecule has 1 amide bonds. The quantitative estimate of drug-likeness (QED) is 0.880. The van der Waals surface area contributed by atoms with Crippen LogP contribution in [0.2, 0.25) is 0 Å². The molecule has 2 aromatic rings. The number of carbonyl (C=O) groups excluding carboxylic acids is 1. The Balaban J connectivity index is 1.81. The smallest absolute Gasteiger partial charge is 0.256 e. The molecule has 110 valence electrons. The maximum atomic E-state index is 12.3. The number of hydrogen-bond donors (Lipinski definition) is 1. The van der Waals surface area contributed by atoms with Crippen LogP contribution in [0.3, 0.4) is 0 Å². The Morgan fingerprint density at radius 3 is 2.76 bits per heavy atom. The third kappa shape index (κ3) is 2.68. The first kappa shape index (κ1) is 14.1. The molecule has 0 atom stereocenters. The molecule has 1 N–H and O–H groups in total. The zero-order valence-electron chi connectivity index (χ0n) is 12.0. The zero-order valence-corrected chi connectivity index (χ0v) is 12.8. The molecule has 0 fully saturated rings. The van der Waals surface area contributed by atoms with Crippen molar-refractivity contribution in [1.82, 2.24) is 9.78 Å². The van der Waals surface area contributed by atoms with Gasteiger partial charge in [0.2, 0.25) is 0 Å². The van der Waals surface area contributed by atoms with Crippen LogP contribution in [0.25, 0.3) is 0 Å². The lowest BCUT2D eigenvalue weighted by Crippen LogP contribution is -2.13. The fourth-order valence-electron chi connectivity index (χ4n) is 2.80. The molecule has 0 aliphatic heterocycles. The fraction of sp³-hybridized carbons (Fsp3) is 0.375. The molecule has 1 aromatic heterocycles. The molecule has 0 bridgehead atoms. The number of nitrogens with zero attached hydrogens (tertiary/aromatic N) is 2. The average Bonchev–Trinajstić information content (AvgIpc) is 3.11. The van der Waals surface area contributed by atoms with Crippen molar-refractivity contribution in [3.05, 3.63) is 46.6 Å². The molecule has 1 aliphatic rings. The van der Waals surface area contributed by atoms with E-state index in [0.717, 1.165) is 37.2 Å². The van der Waals surface area contributed by atoms with Crippen LogP contribution in [-0.2, 0) is 25.3 Å². The molecule has 0 saturated carbocycles. The largest absolute Gasteiger partial charge is 0.305 e. The van der Waals surface area contributed by atoms with Gasteiger partial charge in [0.25, 0.3) is 5.91 Å². The van der Waals surface area contributed by atoms with Gasteiger partial charge in [-0.25, -0.2) is 0 Å². The Morgan fingerprint density at radius 1 is 1.33 bits per heavy atom. The fourth-order valence-corrected chi connectivity index (χ4v) is 2.97. The topological polar surface area (TPSA) is 46.9 Å². The predicted molar refractivity (Wildman–Crippen MR) is 83.9 cm³/mol. The normalized spacial score (nSPS) is 13.2. The van der Waals surface area contributed by atoms with Gasteiger partial charge in [-0.2, -0.15) is 5.10 Å². The highest BCUT2D eigenvalue weighted by Gasteiger charge is 2.23. The number of rotatable bonds is 4. The highest BCUT2D eigenvalue weighted by atomic mass is 35.5. The number of hydrogen-bond acceptors (Lipinski definition) is 2. The van der Waals surface area contributed by atoms with Gasteiger partial charge < -0.3 is 5.32 Å². The summed E-state index contributed by atoms with van der Waals surface area (Å²) in [4.78, 5) is 12.3. The van der Waals surface area contributed by atoms with Crippen LogP contribution in [0, 0.1) is 0 Å². The van der Waals surface area contributed by atoms with Crippen LogP contribution in [0.15, 0.2) is 24.3 Å². The maximum Gasteiger partial charge on any atom is 0.256 e. The molecule has 0 spiro atoms. The van der Waals surface area contributed by atoms with Crippen LogP contribution in [0.5, 0.6) is 0 Å². The molecule has 0 unspecified atom stereocenters. The van der Waals surface area contributed by atoms with Crippen LogP contribution in [0.4, 0.5) is 5.82 Å². The second-order valence-electron chi connectivity index (χ2n) is 5.23. The van der Waals surface area contributed by atoms with Gasteiger partial charge in [0.1, 0.15) is 0 Å². The highest BCUT2D eigenvalue weighted by molar-refractivity contribution is 6.17. The van der Waals surface area contributed by atoms with E-state index < -0.39 is 0 Å². The van der Waals surface area contributed by atoms with Gasteiger partial charge in [-0.3, -0.25) is 9.48 Å². The summed E-state index contributed by atoms with van der Waals surface area (Å²) in [7, 11) is 0. The van der Waals surface area contributed by atoms with Crippen molar-refractivity contribution in [2.75, 3.05) is 5.32 Å². The molecule has 1 aromatic carbocycles. The van der Waals surface area contributed by atoms with Crippen molar-refractivity contribution in [2.45, 2.75) is 38.6 Å². The monoisotopic (exact) mass is 303 g/mol. The van der Waals surface area contributed by atoms with Crippen molar-refractivity contribution >= 4 is 23.3 Å². The van der Waals surface area contributed by atoms with Crippen molar-refractivity contribution in [1.29, 1.82) is 0 Å². The molecular weight excluding hydrogens is 286 g/mol. The first-order chi connectivity index (χ1) is 10.2. The summed E-state index contributed by atoms with van der Waals surface area (Å²) in [5.74, 6) is 1.05. The first-order valence-corrected chi connectivity index (χ1v) is 7.81. The summed E-state index contributed by atoms with van der Waals surface area (Å²) in [6.07, 6.45) is 3.19. The maximum absolute atomic E-state index is 12.3. The highest BCUT2D eigenvalue weighted by Crippen LogP contribution is 2.28. The number of amides is 1. The van der Waals surface area contributed by atoms with E-state index in [2.05, 4.69) is 17.3 Å². The van der Waals surface area contributed by atoms with Crippen LogP contribution in [0.1, 0.15) is 40.5 Å². The van der Waals surface area contributed by atoms with Gasteiger partial charge >= 0.3 is 0 Å². The first-order valence-electron chi connectivity index (χ1n) is 7.27. The number of anilines is 1. The van der Waals surface area contributed by atoms with E-state index in [0.29, 0.717) is 11.4 Å². The minimum Gasteiger partial charge on any atom is -0.305 e. The summed E-state index contributed by atoms with van der Waals surface area (Å²) in [6.45, 7) is 2.91. The SMILES string of the molecule is CCn1nc(NC(=O)c2ccc(CCl)cc2)c2c1CCC2. The third-order valence-electron chi connectivity index (χ3n) is 3.91. The Morgan fingerprint density at radius 2 is 2.10 bits per heavy atom. The average molecular weight is 304 g/mol. The number of nitrogens with one attached hydrogen (secondary N) is 1. The van der Waals surface area contributed by atoms with Gasteiger partial charge in [-0.15, -0.1) is 11.6 Å².